The predicted molar refractivity (Wildman–Crippen MR) is 80.8 cm³/mol. The number of benzene rings is 1. The molecule has 1 aromatic rings. The lowest BCUT2D eigenvalue weighted by Crippen LogP contribution is -2.27. The van der Waals surface area contributed by atoms with Gasteiger partial charge in [0.25, 0.3) is 0 Å². The van der Waals surface area contributed by atoms with Crippen molar-refractivity contribution in [3.63, 3.8) is 0 Å². The summed E-state index contributed by atoms with van der Waals surface area (Å²) in [6, 6.07) is 4.30. The highest BCUT2D eigenvalue weighted by molar-refractivity contribution is 6.31. The number of hydrogen-bond acceptors (Lipinski definition) is 3. The third-order valence-corrected chi connectivity index (χ3v) is 4.62. The van der Waals surface area contributed by atoms with Crippen LogP contribution in [-0.2, 0) is 0 Å². The van der Waals surface area contributed by atoms with E-state index < -0.39 is 0 Å². The Morgan fingerprint density at radius 3 is 2.50 bits per heavy atom. The second-order valence-corrected chi connectivity index (χ2v) is 6.00. The lowest BCUT2D eigenvalue weighted by molar-refractivity contribution is 0.171. The molecule has 1 atom stereocenters. The Morgan fingerprint density at radius 2 is 1.85 bits per heavy atom. The molecule has 1 aliphatic carbocycles. The molecule has 0 spiro atoms. The molecule has 110 valence electrons. The van der Waals surface area contributed by atoms with Gasteiger partial charge in [0.1, 0.15) is 13.2 Å². The first-order valence-electron chi connectivity index (χ1n) is 7.62. The molecule has 4 heteroatoms. The fourth-order valence-corrected chi connectivity index (χ4v) is 3.63. The molecule has 1 unspecified atom stereocenters. The molecular formula is C16H22ClNO2. The van der Waals surface area contributed by atoms with Crippen LogP contribution in [0.3, 0.4) is 0 Å². The Morgan fingerprint density at radius 1 is 1.20 bits per heavy atom. The highest BCUT2D eigenvalue weighted by atomic mass is 35.5. The zero-order valence-electron chi connectivity index (χ0n) is 12.0. The first-order chi connectivity index (χ1) is 9.79. The maximum atomic E-state index is 6.49. The number of halogens is 1. The molecule has 3 nitrogen and oxygen atoms in total. The second kappa shape index (κ2) is 6.23. The van der Waals surface area contributed by atoms with Crippen molar-refractivity contribution in [1.82, 2.24) is 5.32 Å². The van der Waals surface area contributed by atoms with E-state index in [0.29, 0.717) is 25.2 Å². The Labute approximate surface area is 125 Å². The van der Waals surface area contributed by atoms with Gasteiger partial charge in [0.15, 0.2) is 11.5 Å². The molecule has 1 fully saturated rings. The summed E-state index contributed by atoms with van der Waals surface area (Å²) in [4.78, 5) is 0. The van der Waals surface area contributed by atoms with Crippen molar-refractivity contribution < 1.29 is 9.47 Å². The minimum atomic E-state index is 0.325. The van der Waals surface area contributed by atoms with Crippen LogP contribution in [0.1, 0.15) is 44.2 Å². The third-order valence-electron chi connectivity index (χ3n) is 4.29. The van der Waals surface area contributed by atoms with Gasteiger partial charge in [-0.3, -0.25) is 0 Å². The zero-order chi connectivity index (χ0) is 13.9. The van der Waals surface area contributed by atoms with Crippen LogP contribution in [0.2, 0.25) is 5.02 Å². The van der Waals surface area contributed by atoms with Crippen LogP contribution in [0, 0.1) is 5.92 Å². The van der Waals surface area contributed by atoms with Gasteiger partial charge >= 0.3 is 0 Å². The quantitative estimate of drug-likeness (QED) is 0.912. The third kappa shape index (κ3) is 2.75. The van der Waals surface area contributed by atoms with Gasteiger partial charge in [0, 0.05) is 17.1 Å². The van der Waals surface area contributed by atoms with Crippen molar-refractivity contribution in [2.24, 2.45) is 5.92 Å². The van der Waals surface area contributed by atoms with Gasteiger partial charge in [-0.25, -0.2) is 0 Å². The molecule has 0 aromatic heterocycles. The average Bonchev–Trinajstić information content (AvgIpc) is 2.98. The van der Waals surface area contributed by atoms with Crippen LogP contribution in [-0.4, -0.2) is 19.8 Å². The Balaban J connectivity index is 1.92. The molecule has 1 heterocycles. The summed E-state index contributed by atoms with van der Waals surface area (Å²) < 4.78 is 11.3. The standard InChI is InChI=1S/C16H22ClNO2/c1-2-18-16(11-5-3-4-6-11)12-9-14-15(10-13(12)17)20-8-7-19-14/h9-11,16,18H,2-8H2,1H3. The molecule has 1 aliphatic heterocycles. The molecular weight excluding hydrogens is 274 g/mol. The molecule has 0 radical (unpaired) electrons. The van der Waals surface area contributed by atoms with E-state index in [1.54, 1.807) is 0 Å². The highest BCUT2D eigenvalue weighted by Gasteiger charge is 2.28. The van der Waals surface area contributed by atoms with Crippen LogP contribution in [0.15, 0.2) is 12.1 Å². The summed E-state index contributed by atoms with van der Waals surface area (Å²) in [5.74, 6) is 2.28. The molecule has 2 aliphatic rings. The second-order valence-electron chi connectivity index (χ2n) is 5.60. The summed E-state index contributed by atoms with van der Waals surface area (Å²) in [7, 11) is 0. The fraction of sp³-hybridized carbons (Fsp3) is 0.625. The van der Waals surface area contributed by atoms with Gasteiger partial charge in [-0.1, -0.05) is 31.4 Å². The number of hydrogen-bond donors (Lipinski definition) is 1. The monoisotopic (exact) mass is 295 g/mol. The Kier molecular flexibility index (Phi) is 4.37. The van der Waals surface area contributed by atoms with Gasteiger partial charge in [-0.2, -0.15) is 0 Å². The summed E-state index contributed by atoms with van der Waals surface area (Å²) in [6.45, 7) is 4.31. The SMILES string of the molecule is CCNC(c1cc2c(cc1Cl)OCCO2)C1CCCC1. The van der Waals surface area contributed by atoms with E-state index in [1.165, 1.54) is 25.7 Å². The Bertz CT molecular complexity index is 472. The van der Waals surface area contributed by atoms with Crippen molar-refractivity contribution in [3.8, 4) is 11.5 Å². The minimum absolute atomic E-state index is 0.325. The van der Waals surface area contributed by atoms with Crippen molar-refractivity contribution >= 4 is 11.6 Å². The van der Waals surface area contributed by atoms with Crippen LogP contribution in [0.5, 0.6) is 11.5 Å². The number of rotatable bonds is 4. The fourth-order valence-electron chi connectivity index (χ4n) is 3.36. The molecule has 1 N–H and O–H groups in total. The van der Waals surface area contributed by atoms with Gasteiger partial charge in [0.2, 0.25) is 0 Å². The normalized spacial score (nSPS) is 20.1. The van der Waals surface area contributed by atoms with E-state index in [9.17, 15) is 0 Å². The smallest absolute Gasteiger partial charge is 0.162 e. The van der Waals surface area contributed by atoms with Crippen LogP contribution in [0.4, 0.5) is 0 Å². The largest absolute Gasteiger partial charge is 0.486 e. The van der Waals surface area contributed by atoms with Crippen LogP contribution in [0.25, 0.3) is 0 Å². The van der Waals surface area contributed by atoms with Gasteiger partial charge in [0.05, 0.1) is 0 Å². The van der Waals surface area contributed by atoms with E-state index in [1.807, 2.05) is 6.07 Å². The van der Waals surface area contributed by atoms with Crippen molar-refractivity contribution in [2.45, 2.75) is 38.6 Å². The molecule has 0 saturated heterocycles. The molecule has 0 amide bonds. The number of nitrogens with one attached hydrogen (secondary N) is 1. The van der Waals surface area contributed by atoms with Crippen LogP contribution < -0.4 is 14.8 Å². The van der Waals surface area contributed by atoms with Gasteiger partial charge < -0.3 is 14.8 Å². The van der Waals surface area contributed by atoms with Crippen molar-refractivity contribution in [1.29, 1.82) is 0 Å². The number of fused-ring (bicyclic) bond motifs is 1. The maximum Gasteiger partial charge on any atom is 0.162 e. The van der Waals surface area contributed by atoms with Crippen molar-refractivity contribution in [3.05, 3.63) is 22.7 Å². The first-order valence-corrected chi connectivity index (χ1v) is 8.00. The van der Waals surface area contributed by atoms with E-state index in [-0.39, 0.29) is 0 Å². The summed E-state index contributed by atoms with van der Waals surface area (Å²) in [5, 5.41) is 4.39. The van der Waals surface area contributed by atoms with Gasteiger partial charge in [-0.05, 0) is 36.9 Å². The number of ether oxygens (including phenoxy) is 2. The summed E-state index contributed by atoms with van der Waals surface area (Å²) >= 11 is 6.49. The minimum Gasteiger partial charge on any atom is -0.486 e. The van der Waals surface area contributed by atoms with E-state index in [2.05, 4.69) is 18.3 Å². The lowest BCUT2D eigenvalue weighted by Gasteiger charge is -2.27. The van der Waals surface area contributed by atoms with E-state index in [0.717, 1.165) is 28.6 Å². The topological polar surface area (TPSA) is 30.5 Å². The predicted octanol–water partition coefficient (Wildman–Crippen LogP) is 3.95. The van der Waals surface area contributed by atoms with E-state index in [4.69, 9.17) is 21.1 Å². The first kappa shape index (κ1) is 14.0. The molecule has 1 saturated carbocycles. The average molecular weight is 296 g/mol. The molecule has 20 heavy (non-hydrogen) atoms. The van der Waals surface area contributed by atoms with Crippen LogP contribution >= 0.6 is 11.6 Å². The van der Waals surface area contributed by atoms with Crippen molar-refractivity contribution in [2.75, 3.05) is 19.8 Å². The molecule has 1 aromatic carbocycles. The van der Waals surface area contributed by atoms with E-state index >= 15 is 0 Å². The zero-order valence-corrected chi connectivity index (χ0v) is 12.7. The summed E-state index contributed by atoms with van der Waals surface area (Å²) in [6.07, 6.45) is 5.22. The summed E-state index contributed by atoms with van der Waals surface area (Å²) in [5.41, 5.74) is 1.16. The maximum absolute atomic E-state index is 6.49. The van der Waals surface area contributed by atoms with Gasteiger partial charge in [-0.15, -0.1) is 0 Å². The Hall–Kier alpha value is -0.930. The molecule has 3 rings (SSSR count). The highest BCUT2D eigenvalue weighted by Crippen LogP contribution is 2.42. The molecule has 0 bridgehead atoms. The lowest BCUT2D eigenvalue weighted by atomic mass is 9.91.